The maximum Gasteiger partial charge on any atom is 0.148 e. The Morgan fingerprint density at radius 1 is 1.05 bits per heavy atom. The van der Waals surface area contributed by atoms with Crippen molar-refractivity contribution in [1.82, 2.24) is 0 Å². The summed E-state index contributed by atoms with van der Waals surface area (Å²) in [6.45, 7) is 0. The van der Waals surface area contributed by atoms with Gasteiger partial charge < -0.3 is 5.73 Å². The van der Waals surface area contributed by atoms with Gasteiger partial charge in [-0.25, -0.2) is 4.39 Å². The number of rotatable bonds is 2. The van der Waals surface area contributed by atoms with E-state index in [1.807, 2.05) is 0 Å². The van der Waals surface area contributed by atoms with Crippen LogP contribution in [0.25, 0.3) is 0 Å². The van der Waals surface area contributed by atoms with Gasteiger partial charge in [-0.2, -0.15) is 0 Å². The summed E-state index contributed by atoms with van der Waals surface area (Å²) in [5, 5.41) is 0.494. The second-order valence-electron chi connectivity index (χ2n) is 3.91. The van der Waals surface area contributed by atoms with Crippen molar-refractivity contribution in [2.45, 2.75) is 6.04 Å². The Balaban J connectivity index is 2.53. The van der Waals surface area contributed by atoms with Gasteiger partial charge in [0.2, 0.25) is 0 Å². The first-order valence-corrected chi connectivity index (χ1v) is 7.60. The zero-order chi connectivity index (χ0) is 14.2. The van der Waals surface area contributed by atoms with Gasteiger partial charge in [-0.1, -0.05) is 45.2 Å². The molecule has 1 atom stereocenters. The molecular formula is C13H8Br2Cl2FN. The first-order valence-electron chi connectivity index (χ1n) is 5.25. The maximum atomic E-state index is 14.1. The number of nitrogens with two attached hydrogens (primary N) is 1. The van der Waals surface area contributed by atoms with Crippen molar-refractivity contribution in [1.29, 1.82) is 0 Å². The quantitative estimate of drug-likeness (QED) is 0.611. The molecule has 0 spiro atoms. The molecule has 0 aliphatic rings. The fourth-order valence-electron chi connectivity index (χ4n) is 1.70. The fourth-order valence-corrected chi connectivity index (χ4v) is 2.79. The highest BCUT2D eigenvalue weighted by atomic mass is 79.9. The minimum absolute atomic E-state index is 0.0130. The molecular weight excluding hydrogens is 420 g/mol. The van der Waals surface area contributed by atoms with E-state index in [9.17, 15) is 4.39 Å². The molecule has 0 heterocycles. The Morgan fingerprint density at radius 2 is 1.74 bits per heavy atom. The van der Waals surface area contributed by atoms with E-state index in [-0.39, 0.29) is 5.02 Å². The molecule has 2 N–H and O–H groups in total. The average molecular weight is 428 g/mol. The predicted octanol–water partition coefficient (Wildman–Crippen LogP) is 5.71. The molecule has 2 aromatic carbocycles. The third kappa shape index (κ3) is 3.14. The van der Waals surface area contributed by atoms with Crippen molar-refractivity contribution in [3.63, 3.8) is 0 Å². The number of hydrogen-bond acceptors (Lipinski definition) is 1. The van der Waals surface area contributed by atoms with E-state index in [0.717, 1.165) is 4.47 Å². The first-order chi connectivity index (χ1) is 8.91. The summed E-state index contributed by atoms with van der Waals surface area (Å²) in [4.78, 5) is 0. The van der Waals surface area contributed by atoms with Crippen LogP contribution in [0.3, 0.4) is 0 Å². The van der Waals surface area contributed by atoms with Gasteiger partial charge >= 0.3 is 0 Å². The standard InChI is InChI=1S/C13H8Br2Cl2FN/c14-6-1-4-10(16)8(5-6)13(19)7-2-3-9(15)11(17)12(7)18/h1-5,13H,19H2. The smallest absolute Gasteiger partial charge is 0.148 e. The van der Waals surface area contributed by atoms with Crippen LogP contribution in [0.5, 0.6) is 0 Å². The Hall–Kier alpha value is -0.130. The highest BCUT2D eigenvalue weighted by Crippen LogP contribution is 2.34. The SMILES string of the molecule is NC(c1cc(Br)ccc1Cl)c1ccc(Br)c(Cl)c1F. The van der Waals surface area contributed by atoms with Gasteiger partial charge in [0, 0.05) is 19.5 Å². The molecule has 1 unspecified atom stereocenters. The van der Waals surface area contributed by atoms with E-state index in [1.54, 1.807) is 30.3 Å². The van der Waals surface area contributed by atoms with Gasteiger partial charge in [-0.3, -0.25) is 0 Å². The summed E-state index contributed by atoms with van der Waals surface area (Å²) >= 11 is 18.5. The van der Waals surface area contributed by atoms with Crippen LogP contribution in [0.4, 0.5) is 4.39 Å². The molecule has 2 aromatic rings. The molecule has 0 aliphatic heterocycles. The lowest BCUT2D eigenvalue weighted by Crippen LogP contribution is -2.14. The topological polar surface area (TPSA) is 26.0 Å². The average Bonchev–Trinajstić information content (AvgIpc) is 2.38. The normalized spacial score (nSPS) is 12.5. The Labute approximate surface area is 137 Å². The Morgan fingerprint density at radius 3 is 2.42 bits per heavy atom. The largest absolute Gasteiger partial charge is 0.320 e. The molecule has 1 nitrogen and oxygen atoms in total. The van der Waals surface area contributed by atoms with Gasteiger partial charge in [-0.15, -0.1) is 0 Å². The summed E-state index contributed by atoms with van der Waals surface area (Å²) in [7, 11) is 0. The van der Waals surface area contributed by atoms with Crippen LogP contribution in [-0.4, -0.2) is 0 Å². The summed E-state index contributed by atoms with van der Waals surface area (Å²) in [6.07, 6.45) is 0. The highest BCUT2D eigenvalue weighted by Gasteiger charge is 2.19. The molecule has 0 saturated heterocycles. The molecule has 0 amide bonds. The zero-order valence-corrected chi connectivity index (χ0v) is 14.1. The molecule has 100 valence electrons. The molecule has 19 heavy (non-hydrogen) atoms. The lowest BCUT2D eigenvalue weighted by Gasteiger charge is -2.16. The third-order valence-corrected chi connectivity index (χ3v) is 4.79. The van der Waals surface area contributed by atoms with E-state index in [1.165, 1.54) is 0 Å². The summed E-state index contributed by atoms with van der Waals surface area (Å²) in [6, 6.07) is 7.83. The van der Waals surface area contributed by atoms with Crippen molar-refractivity contribution in [3.05, 3.63) is 66.3 Å². The summed E-state index contributed by atoms with van der Waals surface area (Å²) in [5.41, 5.74) is 7.02. The van der Waals surface area contributed by atoms with Gasteiger partial charge in [0.25, 0.3) is 0 Å². The number of benzene rings is 2. The van der Waals surface area contributed by atoms with Crippen LogP contribution in [0, 0.1) is 5.82 Å². The molecule has 0 fully saturated rings. The van der Waals surface area contributed by atoms with Crippen LogP contribution < -0.4 is 5.73 Å². The highest BCUT2D eigenvalue weighted by molar-refractivity contribution is 9.10. The fraction of sp³-hybridized carbons (Fsp3) is 0.0769. The van der Waals surface area contributed by atoms with Crippen LogP contribution in [-0.2, 0) is 0 Å². The molecule has 0 saturated carbocycles. The molecule has 2 rings (SSSR count). The zero-order valence-electron chi connectivity index (χ0n) is 9.43. The second-order valence-corrected chi connectivity index (χ2v) is 6.46. The van der Waals surface area contributed by atoms with Crippen molar-refractivity contribution >= 4 is 55.1 Å². The minimum atomic E-state index is -0.685. The maximum absolute atomic E-state index is 14.1. The monoisotopic (exact) mass is 425 g/mol. The van der Waals surface area contributed by atoms with E-state index in [0.29, 0.717) is 20.6 Å². The third-order valence-electron chi connectivity index (χ3n) is 2.69. The van der Waals surface area contributed by atoms with E-state index in [2.05, 4.69) is 31.9 Å². The molecule has 0 aliphatic carbocycles. The van der Waals surface area contributed by atoms with Crippen molar-refractivity contribution in [3.8, 4) is 0 Å². The van der Waals surface area contributed by atoms with E-state index in [4.69, 9.17) is 28.9 Å². The van der Waals surface area contributed by atoms with Crippen molar-refractivity contribution < 1.29 is 4.39 Å². The van der Waals surface area contributed by atoms with Gasteiger partial charge in [0.15, 0.2) is 0 Å². The molecule has 6 heteroatoms. The van der Waals surface area contributed by atoms with E-state index >= 15 is 0 Å². The van der Waals surface area contributed by atoms with Crippen molar-refractivity contribution in [2.75, 3.05) is 0 Å². The minimum Gasteiger partial charge on any atom is -0.320 e. The summed E-state index contributed by atoms with van der Waals surface area (Å²) in [5.74, 6) is -0.542. The second kappa shape index (κ2) is 6.10. The lowest BCUT2D eigenvalue weighted by molar-refractivity contribution is 0.599. The molecule has 0 radical (unpaired) electrons. The first kappa shape index (κ1) is 15.3. The van der Waals surface area contributed by atoms with Gasteiger partial charge in [-0.05, 0) is 45.8 Å². The predicted molar refractivity (Wildman–Crippen MR) is 84.3 cm³/mol. The number of halogens is 5. The number of hydrogen-bond donors (Lipinski definition) is 1. The molecule has 0 aromatic heterocycles. The van der Waals surface area contributed by atoms with Crippen LogP contribution >= 0.6 is 55.1 Å². The molecule has 0 bridgehead atoms. The lowest BCUT2D eigenvalue weighted by atomic mass is 9.99. The summed E-state index contributed by atoms with van der Waals surface area (Å²) < 4.78 is 15.4. The van der Waals surface area contributed by atoms with E-state index < -0.39 is 11.9 Å². The van der Waals surface area contributed by atoms with Crippen LogP contribution in [0.15, 0.2) is 39.3 Å². The van der Waals surface area contributed by atoms with Crippen LogP contribution in [0.2, 0.25) is 10.0 Å². The van der Waals surface area contributed by atoms with Crippen molar-refractivity contribution in [2.24, 2.45) is 5.73 Å². The van der Waals surface area contributed by atoms with Gasteiger partial charge in [0.1, 0.15) is 5.82 Å². The Bertz CT molecular complexity index is 634. The van der Waals surface area contributed by atoms with Crippen LogP contribution in [0.1, 0.15) is 17.2 Å². The van der Waals surface area contributed by atoms with Gasteiger partial charge in [0.05, 0.1) is 11.1 Å². The Kier molecular flexibility index (Phi) is 4.90.